The van der Waals surface area contributed by atoms with Gasteiger partial charge in [-0.1, -0.05) is 6.92 Å². The van der Waals surface area contributed by atoms with Gasteiger partial charge >= 0.3 is 0 Å². The molecule has 0 aliphatic heterocycles. The Hall–Kier alpha value is -1.21. The Balaban J connectivity index is 2.63. The van der Waals surface area contributed by atoms with Crippen LogP contribution in [-0.4, -0.2) is 28.6 Å². The van der Waals surface area contributed by atoms with Gasteiger partial charge in [-0.25, -0.2) is 13.2 Å². The largest absolute Gasteiger partial charge is 0.395 e. The maximum Gasteiger partial charge on any atom is 0.234 e. The summed E-state index contributed by atoms with van der Waals surface area (Å²) in [7, 11) is 0. The summed E-state index contributed by atoms with van der Waals surface area (Å²) < 4.78 is 38.7. The van der Waals surface area contributed by atoms with E-state index in [1.807, 2.05) is 0 Å². The smallest absolute Gasteiger partial charge is 0.234 e. The van der Waals surface area contributed by atoms with Gasteiger partial charge in [0, 0.05) is 5.25 Å². The number of carbonyl (C=O) groups excluding carboxylic acids is 1. The van der Waals surface area contributed by atoms with Crippen LogP contribution in [0, 0.1) is 17.5 Å². The molecule has 3 nitrogen and oxygen atoms in total. The van der Waals surface area contributed by atoms with Crippen LogP contribution in [0.15, 0.2) is 12.1 Å². The molecule has 0 saturated carbocycles. The Morgan fingerprint density at radius 3 is 2.67 bits per heavy atom. The number of aliphatic hydroxyl groups excluding tert-OH is 1. The maximum atomic E-state index is 13.2. The number of rotatable bonds is 5. The molecule has 1 atom stereocenters. The molecule has 2 N–H and O–H groups in total. The number of hydrogen-bond acceptors (Lipinski definition) is 3. The average Bonchev–Trinajstić information content (AvgIpc) is 2.36. The van der Waals surface area contributed by atoms with Crippen LogP contribution >= 0.6 is 11.8 Å². The van der Waals surface area contributed by atoms with Crippen LogP contribution in [0.2, 0.25) is 0 Å². The number of amides is 1. The zero-order valence-corrected chi connectivity index (χ0v) is 10.4. The molecule has 100 valence electrons. The average molecular weight is 279 g/mol. The van der Waals surface area contributed by atoms with Crippen molar-refractivity contribution >= 4 is 23.4 Å². The van der Waals surface area contributed by atoms with Gasteiger partial charge in [0.15, 0.2) is 17.5 Å². The summed E-state index contributed by atoms with van der Waals surface area (Å²) in [4.78, 5) is 11.4. The Kier molecular flexibility index (Phi) is 5.49. The highest BCUT2D eigenvalue weighted by atomic mass is 32.2. The standard InChI is InChI=1S/C11H12F3NO2S/c1-6(4-16)18-5-9(17)15-8-3-2-7(12)10(13)11(8)14/h2-3,6,16H,4-5H2,1H3,(H,15,17). The summed E-state index contributed by atoms with van der Waals surface area (Å²) in [5.41, 5.74) is -0.406. The number of carbonyl (C=O) groups is 1. The van der Waals surface area contributed by atoms with Crippen molar-refractivity contribution in [3.8, 4) is 0 Å². The second kappa shape index (κ2) is 6.65. The van der Waals surface area contributed by atoms with Crippen LogP contribution in [-0.2, 0) is 4.79 Å². The zero-order chi connectivity index (χ0) is 13.7. The first kappa shape index (κ1) is 14.8. The lowest BCUT2D eigenvalue weighted by Gasteiger charge is -2.09. The highest BCUT2D eigenvalue weighted by Gasteiger charge is 2.15. The fraction of sp³-hybridized carbons (Fsp3) is 0.364. The first-order valence-electron chi connectivity index (χ1n) is 5.11. The summed E-state index contributed by atoms with van der Waals surface area (Å²) in [5.74, 6) is -4.92. The number of hydrogen-bond donors (Lipinski definition) is 2. The van der Waals surface area contributed by atoms with Crippen LogP contribution in [0.3, 0.4) is 0 Å². The SMILES string of the molecule is CC(CO)SCC(=O)Nc1ccc(F)c(F)c1F. The molecular weight excluding hydrogens is 267 g/mol. The minimum absolute atomic E-state index is 0.0137. The van der Waals surface area contributed by atoms with Gasteiger partial charge < -0.3 is 10.4 Å². The monoisotopic (exact) mass is 279 g/mol. The third kappa shape index (κ3) is 3.92. The predicted octanol–water partition coefficient (Wildman–Crippen LogP) is 2.16. The van der Waals surface area contributed by atoms with Crippen molar-refractivity contribution < 1.29 is 23.1 Å². The highest BCUT2D eigenvalue weighted by molar-refractivity contribution is 8.00. The van der Waals surface area contributed by atoms with E-state index in [0.29, 0.717) is 0 Å². The molecule has 0 bridgehead atoms. The first-order chi connectivity index (χ1) is 8.45. The van der Waals surface area contributed by atoms with E-state index in [4.69, 9.17) is 5.11 Å². The summed E-state index contributed by atoms with van der Waals surface area (Å²) in [6, 6.07) is 1.68. The molecule has 0 spiro atoms. The van der Waals surface area contributed by atoms with E-state index >= 15 is 0 Å². The molecule has 1 aromatic rings. The van der Waals surface area contributed by atoms with Crippen molar-refractivity contribution in [2.75, 3.05) is 17.7 Å². The number of aliphatic hydroxyl groups is 1. The van der Waals surface area contributed by atoms with E-state index in [0.717, 1.165) is 23.9 Å². The minimum Gasteiger partial charge on any atom is -0.395 e. The minimum atomic E-state index is -1.62. The van der Waals surface area contributed by atoms with E-state index in [9.17, 15) is 18.0 Å². The number of halogens is 3. The predicted molar refractivity (Wildman–Crippen MR) is 64.0 cm³/mol. The molecule has 0 fully saturated rings. The van der Waals surface area contributed by atoms with E-state index in [2.05, 4.69) is 5.32 Å². The molecule has 0 radical (unpaired) electrons. The molecule has 0 saturated heterocycles. The van der Waals surface area contributed by atoms with Crippen molar-refractivity contribution in [2.45, 2.75) is 12.2 Å². The van der Waals surface area contributed by atoms with Gasteiger partial charge in [0.05, 0.1) is 18.0 Å². The third-order valence-electron chi connectivity index (χ3n) is 2.07. The second-order valence-corrected chi connectivity index (χ2v) is 5.00. The molecule has 0 aliphatic rings. The highest BCUT2D eigenvalue weighted by Crippen LogP contribution is 2.20. The Morgan fingerprint density at radius 2 is 2.06 bits per heavy atom. The molecular formula is C11H12F3NO2S. The van der Waals surface area contributed by atoms with Crippen molar-refractivity contribution in [3.05, 3.63) is 29.6 Å². The molecule has 1 rings (SSSR count). The Morgan fingerprint density at radius 1 is 1.39 bits per heavy atom. The van der Waals surface area contributed by atoms with Gasteiger partial charge in [-0.2, -0.15) is 0 Å². The van der Waals surface area contributed by atoms with E-state index in [1.54, 1.807) is 6.92 Å². The summed E-state index contributed by atoms with van der Waals surface area (Å²) in [6.45, 7) is 1.63. The number of nitrogens with one attached hydrogen (secondary N) is 1. The molecule has 1 aromatic carbocycles. The lowest BCUT2D eigenvalue weighted by molar-refractivity contribution is -0.113. The summed E-state index contributed by atoms with van der Waals surface area (Å²) in [6.07, 6.45) is 0. The lowest BCUT2D eigenvalue weighted by Crippen LogP contribution is -2.18. The number of thioether (sulfide) groups is 1. The van der Waals surface area contributed by atoms with Gasteiger partial charge in [0.1, 0.15) is 0 Å². The van der Waals surface area contributed by atoms with Gasteiger partial charge in [-0.15, -0.1) is 11.8 Å². The number of benzene rings is 1. The van der Waals surface area contributed by atoms with Crippen molar-refractivity contribution in [3.63, 3.8) is 0 Å². The number of anilines is 1. The van der Waals surface area contributed by atoms with Gasteiger partial charge in [0.25, 0.3) is 0 Å². The Labute approximate surface area is 106 Å². The Bertz CT molecular complexity index is 443. The van der Waals surface area contributed by atoms with Gasteiger partial charge in [-0.3, -0.25) is 4.79 Å². The third-order valence-corrected chi connectivity index (χ3v) is 3.21. The molecule has 7 heteroatoms. The summed E-state index contributed by atoms with van der Waals surface area (Å²) in [5, 5.41) is 10.7. The van der Waals surface area contributed by atoms with Crippen LogP contribution in [0.5, 0.6) is 0 Å². The normalized spacial score (nSPS) is 12.3. The van der Waals surface area contributed by atoms with Crippen molar-refractivity contribution in [1.82, 2.24) is 0 Å². The van der Waals surface area contributed by atoms with E-state index < -0.39 is 29.0 Å². The summed E-state index contributed by atoms with van der Waals surface area (Å²) >= 11 is 1.16. The van der Waals surface area contributed by atoms with Crippen LogP contribution in [0.4, 0.5) is 18.9 Å². The zero-order valence-electron chi connectivity index (χ0n) is 9.54. The fourth-order valence-corrected chi connectivity index (χ4v) is 1.69. The van der Waals surface area contributed by atoms with E-state index in [-0.39, 0.29) is 17.6 Å². The van der Waals surface area contributed by atoms with Crippen molar-refractivity contribution in [2.24, 2.45) is 0 Å². The van der Waals surface area contributed by atoms with Crippen LogP contribution in [0.1, 0.15) is 6.92 Å². The molecule has 1 amide bonds. The first-order valence-corrected chi connectivity index (χ1v) is 6.16. The molecule has 0 heterocycles. The van der Waals surface area contributed by atoms with E-state index in [1.165, 1.54) is 0 Å². The van der Waals surface area contributed by atoms with Gasteiger partial charge in [-0.05, 0) is 12.1 Å². The van der Waals surface area contributed by atoms with Crippen LogP contribution in [0.25, 0.3) is 0 Å². The van der Waals surface area contributed by atoms with Crippen molar-refractivity contribution in [1.29, 1.82) is 0 Å². The molecule has 0 aromatic heterocycles. The quantitative estimate of drug-likeness (QED) is 0.812. The maximum absolute atomic E-state index is 13.2. The molecule has 1 unspecified atom stereocenters. The topological polar surface area (TPSA) is 49.3 Å². The van der Waals surface area contributed by atoms with Crippen LogP contribution < -0.4 is 5.32 Å². The second-order valence-electron chi connectivity index (χ2n) is 3.58. The molecule has 0 aliphatic carbocycles. The molecule has 18 heavy (non-hydrogen) atoms. The fourth-order valence-electron chi connectivity index (χ4n) is 1.08. The lowest BCUT2D eigenvalue weighted by atomic mass is 10.3. The van der Waals surface area contributed by atoms with Gasteiger partial charge in [0.2, 0.25) is 5.91 Å².